The summed E-state index contributed by atoms with van der Waals surface area (Å²) in [7, 11) is 4.66. The molecule has 32 heavy (non-hydrogen) atoms. The average Bonchev–Trinajstić information content (AvgIpc) is 3.17. The molecule has 0 aliphatic heterocycles. The molecule has 3 aromatic heterocycles. The number of nitrogens with two attached hydrogens (primary N) is 1. The van der Waals surface area contributed by atoms with E-state index in [2.05, 4.69) is 20.1 Å². The van der Waals surface area contributed by atoms with Gasteiger partial charge in [0.05, 0.1) is 66.7 Å². The van der Waals surface area contributed by atoms with Crippen molar-refractivity contribution in [2.45, 2.75) is 6.54 Å². The van der Waals surface area contributed by atoms with Gasteiger partial charge in [-0.05, 0) is 6.07 Å². The number of fused-ring (bicyclic) bond motifs is 1. The molecule has 0 spiro atoms. The lowest BCUT2D eigenvalue weighted by atomic mass is 10.1. The number of nitrogen functional groups attached to an aromatic ring is 1. The van der Waals surface area contributed by atoms with E-state index in [9.17, 15) is 0 Å². The van der Waals surface area contributed by atoms with Crippen molar-refractivity contribution >= 4 is 39.8 Å². The molecule has 0 aliphatic carbocycles. The average molecular weight is 475 g/mol. The summed E-state index contributed by atoms with van der Waals surface area (Å²) < 4.78 is 17.5. The number of nitrogens with zero attached hydrogens (tertiary/aromatic N) is 5. The van der Waals surface area contributed by atoms with Gasteiger partial charge in [-0.3, -0.25) is 9.67 Å². The Balaban J connectivity index is 1.80. The van der Waals surface area contributed by atoms with Gasteiger partial charge in [0.1, 0.15) is 17.2 Å². The van der Waals surface area contributed by atoms with Crippen LogP contribution in [-0.2, 0) is 11.3 Å². The summed E-state index contributed by atoms with van der Waals surface area (Å²) in [5.74, 6) is 1.30. The summed E-state index contributed by atoms with van der Waals surface area (Å²) in [6.07, 6.45) is 4.88. The van der Waals surface area contributed by atoms with E-state index in [1.54, 1.807) is 42.5 Å². The molecule has 0 aliphatic rings. The first-order valence-electron chi connectivity index (χ1n) is 9.52. The molecule has 11 heteroatoms. The van der Waals surface area contributed by atoms with Crippen molar-refractivity contribution in [1.82, 2.24) is 24.7 Å². The number of halogens is 2. The molecule has 1 aromatic carbocycles. The number of aromatic nitrogens is 5. The largest absolute Gasteiger partial charge is 0.495 e. The first kappa shape index (κ1) is 22.1. The van der Waals surface area contributed by atoms with Crippen molar-refractivity contribution in [2.24, 2.45) is 0 Å². The molecule has 0 fully saturated rings. The first-order valence-corrected chi connectivity index (χ1v) is 10.3. The fraction of sp³-hybridized carbons (Fsp3) is 0.238. The van der Waals surface area contributed by atoms with Crippen molar-refractivity contribution in [3.63, 3.8) is 0 Å². The molecule has 4 aromatic rings. The van der Waals surface area contributed by atoms with Crippen LogP contribution in [0.1, 0.15) is 0 Å². The van der Waals surface area contributed by atoms with Crippen LogP contribution in [0, 0.1) is 0 Å². The molecule has 0 radical (unpaired) electrons. The Hall–Kier alpha value is -3.14. The molecule has 0 saturated heterocycles. The minimum absolute atomic E-state index is 0.331. The van der Waals surface area contributed by atoms with Gasteiger partial charge in [0, 0.05) is 30.3 Å². The molecule has 2 N–H and O–H groups in total. The zero-order valence-corrected chi connectivity index (χ0v) is 19.1. The van der Waals surface area contributed by atoms with Gasteiger partial charge in [-0.25, -0.2) is 9.97 Å². The molecular weight excluding hydrogens is 455 g/mol. The van der Waals surface area contributed by atoms with Gasteiger partial charge in [0.2, 0.25) is 0 Å². The van der Waals surface area contributed by atoms with Crippen LogP contribution in [0.25, 0.3) is 33.7 Å². The number of benzene rings is 1. The molecule has 0 unspecified atom stereocenters. The molecule has 166 valence electrons. The third-order valence-corrected chi connectivity index (χ3v) is 5.63. The summed E-state index contributed by atoms with van der Waals surface area (Å²) in [5.41, 5.74) is 8.86. The van der Waals surface area contributed by atoms with Gasteiger partial charge in [-0.2, -0.15) is 5.10 Å². The second-order valence-electron chi connectivity index (χ2n) is 6.77. The maximum absolute atomic E-state index is 6.53. The highest BCUT2D eigenvalue weighted by molar-refractivity contribution is 6.41. The number of methoxy groups -OCH3 is 3. The van der Waals surface area contributed by atoms with Gasteiger partial charge in [0.25, 0.3) is 0 Å². The summed E-state index contributed by atoms with van der Waals surface area (Å²) in [6.45, 7) is 1.01. The van der Waals surface area contributed by atoms with E-state index in [4.69, 9.17) is 43.1 Å². The van der Waals surface area contributed by atoms with Crippen LogP contribution >= 0.6 is 23.2 Å². The second kappa shape index (κ2) is 9.15. The summed E-state index contributed by atoms with van der Waals surface area (Å²) >= 11 is 13.1. The monoisotopic (exact) mass is 474 g/mol. The highest BCUT2D eigenvalue weighted by Gasteiger charge is 2.20. The molecule has 4 rings (SSSR count). The zero-order valence-electron chi connectivity index (χ0n) is 17.6. The van der Waals surface area contributed by atoms with E-state index in [0.717, 1.165) is 5.39 Å². The number of rotatable bonds is 7. The number of hydrogen-bond donors (Lipinski definition) is 1. The van der Waals surface area contributed by atoms with Crippen molar-refractivity contribution in [3.8, 4) is 34.3 Å². The van der Waals surface area contributed by atoms with Crippen molar-refractivity contribution in [3.05, 3.63) is 40.8 Å². The number of ether oxygens (including phenoxy) is 3. The molecule has 0 saturated carbocycles. The Morgan fingerprint density at radius 1 is 0.969 bits per heavy atom. The van der Waals surface area contributed by atoms with E-state index < -0.39 is 0 Å². The van der Waals surface area contributed by atoms with Crippen LogP contribution in [0.15, 0.2) is 30.7 Å². The summed E-state index contributed by atoms with van der Waals surface area (Å²) in [4.78, 5) is 13.6. The van der Waals surface area contributed by atoms with Crippen LogP contribution in [0.4, 0.5) is 5.69 Å². The fourth-order valence-electron chi connectivity index (χ4n) is 3.29. The smallest absolute Gasteiger partial charge is 0.180 e. The van der Waals surface area contributed by atoms with Gasteiger partial charge in [-0.15, -0.1) is 0 Å². The fourth-order valence-corrected chi connectivity index (χ4v) is 3.98. The maximum Gasteiger partial charge on any atom is 0.180 e. The van der Waals surface area contributed by atoms with Crippen LogP contribution in [0.3, 0.4) is 0 Å². The second-order valence-corrected chi connectivity index (χ2v) is 7.53. The summed E-state index contributed by atoms with van der Waals surface area (Å²) in [5, 5.41) is 5.69. The third-order valence-electron chi connectivity index (χ3n) is 4.88. The molecule has 0 atom stereocenters. The van der Waals surface area contributed by atoms with Crippen molar-refractivity contribution in [1.29, 1.82) is 0 Å². The van der Waals surface area contributed by atoms with E-state index >= 15 is 0 Å². The highest BCUT2D eigenvalue weighted by Crippen LogP contribution is 2.45. The lowest BCUT2D eigenvalue weighted by Gasteiger charge is -2.14. The predicted molar refractivity (Wildman–Crippen MR) is 123 cm³/mol. The zero-order chi connectivity index (χ0) is 22.8. The lowest BCUT2D eigenvalue weighted by molar-refractivity contribution is 0.184. The quantitative estimate of drug-likeness (QED) is 0.425. The normalized spacial score (nSPS) is 11.2. The molecule has 0 bridgehead atoms. The Morgan fingerprint density at radius 2 is 1.69 bits per heavy atom. The minimum atomic E-state index is 0.331. The Bertz CT molecular complexity index is 1270. The molecular formula is C21H20Cl2N6O3. The van der Waals surface area contributed by atoms with Gasteiger partial charge < -0.3 is 19.9 Å². The van der Waals surface area contributed by atoms with Crippen molar-refractivity contribution in [2.75, 3.05) is 33.7 Å². The Labute approximate surface area is 194 Å². The van der Waals surface area contributed by atoms with Gasteiger partial charge in [0.15, 0.2) is 5.82 Å². The van der Waals surface area contributed by atoms with E-state index in [1.165, 1.54) is 14.2 Å². The Morgan fingerprint density at radius 3 is 2.34 bits per heavy atom. The summed E-state index contributed by atoms with van der Waals surface area (Å²) in [6, 6.07) is 3.43. The van der Waals surface area contributed by atoms with E-state index in [-0.39, 0.29) is 0 Å². The van der Waals surface area contributed by atoms with E-state index in [0.29, 0.717) is 68.7 Å². The third kappa shape index (κ3) is 3.90. The predicted octanol–water partition coefficient (Wildman–Crippen LogP) is 4.11. The highest BCUT2D eigenvalue weighted by atomic mass is 35.5. The SMILES string of the molecule is COCCn1ncc(N)c1-c1ncc2cc(-c3c(Cl)c(OC)cc(OC)c3Cl)ncc2n1. The minimum Gasteiger partial charge on any atom is -0.495 e. The van der Waals surface area contributed by atoms with Crippen LogP contribution in [0.5, 0.6) is 11.5 Å². The maximum atomic E-state index is 6.53. The standard InChI is InChI=1S/C21H20Cl2N6O3/c1-30-5-4-29-20(12(24)9-27-29)21-26-8-11-6-13(25-10-14(11)28-21)17-18(22)15(31-2)7-16(32-3)19(17)23/h6-10H,4-5,24H2,1-3H3. The number of anilines is 1. The molecule has 9 nitrogen and oxygen atoms in total. The van der Waals surface area contributed by atoms with Crippen LogP contribution in [-0.4, -0.2) is 52.7 Å². The number of hydrogen-bond acceptors (Lipinski definition) is 8. The van der Waals surface area contributed by atoms with Crippen LogP contribution < -0.4 is 15.2 Å². The van der Waals surface area contributed by atoms with Crippen LogP contribution in [0.2, 0.25) is 10.0 Å². The lowest BCUT2D eigenvalue weighted by Crippen LogP contribution is -2.09. The molecule has 3 heterocycles. The van der Waals surface area contributed by atoms with E-state index in [1.807, 2.05) is 0 Å². The van der Waals surface area contributed by atoms with Gasteiger partial charge >= 0.3 is 0 Å². The first-order chi connectivity index (χ1) is 15.5. The van der Waals surface area contributed by atoms with Gasteiger partial charge in [-0.1, -0.05) is 23.2 Å². The Kier molecular flexibility index (Phi) is 6.31. The number of pyridine rings is 1. The molecule has 0 amide bonds. The topological polar surface area (TPSA) is 110 Å². The van der Waals surface area contributed by atoms with Crippen molar-refractivity contribution < 1.29 is 14.2 Å².